The van der Waals surface area contributed by atoms with Gasteiger partial charge in [-0.3, -0.25) is 4.79 Å². The highest BCUT2D eigenvalue weighted by atomic mass is 19.2. The molecular formula is C19H19F4NO3. The van der Waals surface area contributed by atoms with Crippen LogP contribution in [0.4, 0.5) is 17.6 Å². The fourth-order valence-corrected chi connectivity index (χ4v) is 3.16. The highest BCUT2D eigenvalue weighted by molar-refractivity contribution is 5.78. The van der Waals surface area contributed by atoms with Crippen LogP contribution < -0.4 is 0 Å². The number of methoxy groups -OCH3 is 1. The minimum atomic E-state index is -1.66. The highest BCUT2D eigenvalue weighted by Gasteiger charge is 2.61. The largest absolute Gasteiger partial charge is 0.455 e. The fourth-order valence-electron chi connectivity index (χ4n) is 3.16. The summed E-state index contributed by atoms with van der Waals surface area (Å²) in [7, 11) is 1.19. The number of carbonyl (C=O) groups excluding carboxylic acids is 1. The molecule has 1 aromatic rings. The number of nitrogens with zero attached hydrogens (tertiary/aromatic N) is 1. The number of allylic oxidation sites excluding steroid dienone is 2. The first-order chi connectivity index (χ1) is 12.6. The molecule has 0 N–H and O–H groups in total. The van der Waals surface area contributed by atoms with Crippen molar-refractivity contribution in [1.82, 2.24) is 0 Å². The lowest BCUT2D eigenvalue weighted by Gasteiger charge is -2.19. The number of rotatable bonds is 6. The predicted molar refractivity (Wildman–Crippen MR) is 87.1 cm³/mol. The van der Waals surface area contributed by atoms with Crippen molar-refractivity contribution in [3.8, 4) is 6.07 Å². The SMILES string of the molecule is COCC(OC(=O)C1C(C=C(C)C#N)C1(C)C)c1c(F)c(F)cc(F)c1F. The maximum atomic E-state index is 14.1. The third-order valence-corrected chi connectivity index (χ3v) is 4.81. The lowest BCUT2D eigenvalue weighted by atomic mass is 10.1. The lowest BCUT2D eigenvalue weighted by Crippen LogP contribution is -2.22. The maximum absolute atomic E-state index is 14.1. The van der Waals surface area contributed by atoms with E-state index < -0.39 is 58.8 Å². The summed E-state index contributed by atoms with van der Waals surface area (Å²) >= 11 is 0. The third-order valence-electron chi connectivity index (χ3n) is 4.81. The van der Waals surface area contributed by atoms with E-state index in [1.165, 1.54) is 7.11 Å². The van der Waals surface area contributed by atoms with Crippen molar-refractivity contribution in [1.29, 1.82) is 5.26 Å². The number of hydrogen-bond donors (Lipinski definition) is 0. The first kappa shape index (κ1) is 20.9. The van der Waals surface area contributed by atoms with Gasteiger partial charge in [0.05, 0.1) is 24.2 Å². The van der Waals surface area contributed by atoms with Crippen LogP contribution in [0.1, 0.15) is 32.4 Å². The van der Waals surface area contributed by atoms with Crippen LogP contribution in [0.5, 0.6) is 0 Å². The number of nitriles is 1. The number of halogens is 4. The average molecular weight is 385 g/mol. The Balaban J connectivity index is 2.31. The summed E-state index contributed by atoms with van der Waals surface area (Å²) < 4.78 is 65.1. The molecule has 0 spiro atoms. The minimum Gasteiger partial charge on any atom is -0.455 e. The van der Waals surface area contributed by atoms with Gasteiger partial charge < -0.3 is 9.47 Å². The highest BCUT2D eigenvalue weighted by Crippen LogP contribution is 2.60. The number of ether oxygens (including phenoxy) is 2. The molecule has 0 aromatic heterocycles. The van der Waals surface area contributed by atoms with E-state index >= 15 is 0 Å². The predicted octanol–water partition coefficient (Wildman–Crippen LogP) is 4.22. The Morgan fingerprint density at radius 2 is 1.85 bits per heavy atom. The zero-order valence-electron chi connectivity index (χ0n) is 15.3. The maximum Gasteiger partial charge on any atom is 0.310 e. The van der Waals surface area contributed by atoms with Gasteiger partial charge in [-0.15, -0.1) is 0 Å². The molecule has 1 fully saturated rings. The van der Waals surface area contributed by atoms with Crippen molar-refractivity contribution < 1.29 is 31.8 Å². The van der Waals surface area contributed by atoms with E-state index in [-0.39, 0.29) is 12.0 Å². The summed E-state index contributed by atoms with van der Waals surface area (Å²) in [6, 6.07) is 2.03. The van der Waals surface area contributed by atoms with Crippen LogP contribution in [-0.2, 0) is 14.3 Å². The molecule has 27 heavy (non-hydrogen) atoms. The van der Waals surface area contributed by atoms with Gasteiger partial charge in [-0.2, -0.15) is 5.26 Å². The zero-order valence-corrected chi connectivity index (χ0v) is 15.3. The van der Waals surface area contributed by atoms with Gasteiger partial charge in [0.15, 0.2) is 29.4 Å². The molecule has 2 rings (SSSR count). The standard InChI is InChI=1S/C19H19F4NO3/c1-9(7-24)5-10-15(19(10,2)3)18(25)27-13(8-26-4)14-16(22)11(20)6-12(21)17(14)23/h5-6,10,13,15H,8H2,1-4H3. The Morgan fingerprint density at radius 3 is 2.33 bits per heavy atom. The molecule has 0 saturated heterocycles. The molecule has 8 heteroatoms. The van der Waals surface area contributed by atoms with E-state index in [4.69, 9.17) is 14.7 Å². The molecule has 1 saturated carbocycles. The molecule has 4 nitrogen and oxygen atoms in total. The van der Waals surface area contributed by atoms with Crippen LogP contribution in [0.2, 0.25) is 0 Å². The molecule has 0 aliphatic heterocycles. The second kappa shape index (κ2) is 7.69. The van der Waals surface area contributed by atoms with Crippen LogP contribution in [0, 0.1) is 51.9 Å². The molecule has 146 valence electrons. The summed E-state index contributed by atoms with van der Waals surface area (Å²) in [4.78, 5) is 12.5. The van der Waals surface area contributed by atoms with Crippen LogP contribution in [0.15, 0.2) is 17.7 Å². The van der Waals surface area contributed by atoms with Crippen LogP contribution >= 0.6 is 0 Å². The molecule has 1 aliphatic carbocycles. The van der Waals surface area contributed by atoms with Gasteiger partial charge in [0.1, 0.15) is 0 Å². The Morgan fingerprint density at radius 1 is 1.30 bits per heavy atom. The first-order valence-electron chi connectivity index (χ1n) is 8.17. The van der Waals surface area contributed by atoms with Crippen LogP contribution in [0.3, 0.4) is 0 Å². The molecule has 0 bridgehead atoms. The van der Waals surface area contributed by atoms with Gasteiger partial charge in [-0.1, -0.05) is 19.9 Å². The van der Waals surface area contributed by atoms with Gasteiger partial charge in [-0.25, -0.2) is 17.6 Å². The van der Waals surface area contributed by atoms with E-state index in [0.29, 0.717) is 5.57 Å². The second-order valence-corrected chi connectivity index (χ2v) is 7.05. The Labute approximate surface area is 154 Å². The topological polar surface area (TPSA) is 59.3 Å². The molecule has 0 amide bonds. The Kier molecular flexibility index (Phi) is 5.95. The van der Waals surface area contributed by atoms with Gasteiger partial charge in [0.25, 0.3) is 0 Å². The number of carbonyl (C=O) groups is 1. The molecule has 1 aliphatic rings. The minimum absolute atomic E-state index is 0.0787. The van der Waals surface area contributed by atoms with Crippen molar-refractivity contribution in [2.24, 2.45) is 17.3 Å². The van der Waals surface area contributed by atoms with Gasteiger partial charge in [-0.05, 0) is 18.3 Å². The number of benzene rings is 1. The van der Waals surface area contributed by atoms with E-state index in [1.807, 2.05) is 6.07 Å². The molecule has 0 radical (unpaired) electrons. The van der Waals surface area contributed by atoms with Crippen LogP contribution in [-0.4, -0.2) is 19.7 Å². The van der Waals surface area contributed by atoms with Gasteiger partial charge in [0.2, 0.25) is 0 Å². The number of hydrogen-bond acceptors (Lipinski definition) is 4. The molecule has 3 atom stereocenters. The number of esters is 1. The monoisotopic (exact) mass is 385 g/mol. The Bertz CT molecular complexity index is 803. The van der Waals surface area contributed by atoms with Crippen molar-refractivity contribution in [3.63, 3.8) is 0 Å². The molecule has 0 heterocycles. The van der Waals surface area contributed by atoms with Crippen molar-refractivity contribution in [3.05, 3.63) is 46.5 Å². The summed E-state index contributed by atoms with van der Waals surface area (Å²) in [6.45, 7) is 4.65. The quantitative estimate of drug-likeness (QED) is 0.318. The van der Waals surface area contributed by atoms with Crippen molar-refractivity contribution in [2.75, 3.05) is 13.7 Å². The smallest absolute Gasteiger partial charge is 0.310 e. The normalized spacial score (nSPS) is 22.1. The zero-order chi connectivity index (χ0) is 20.5. The third kappa shape index (κ3) is 3.98. The molecule has 3 unspecified atom stereocenters. The fraction of sp³-hybridized carbons (Fsp3) is 0.474. The lowest BCUT2D eigenvalue weighted by molar-refractivity contribution is -0.155. The summed E-state index contributed by atoms with van der Waals surface area (Å²) in [5.41, 5.74) is -1.15. The molecule has 1 aromatic carbocycles. The second-order valence-electron chi connectivity index (χ2n) is 7.05. The molecular weight excluding hydrogens is 366 g/mol. The van der Waals surface area contributed by atoms with E-state index in [1.54, 1.807) is 26.8 Å². The summed E-state index contributed by atoms with van der Waals surface area (Å²) in [5.74, 6) is -8.24. The van der Waals surface area contributed by atoms with E-state index in [9.17, 15) is 22.4 Å². The Hall–Kier alpha value is -2.40. The van der Waals surface area contributed by atoms with E-state index in [0.717, 1.165) is 0 Å². The van der Waals surface area contributed by atoms with Crippen molar-refractivity contribution >= 4 is 5.97 Å². The van der Waals surface area contributed by atoms with E-state index in [2.05, 4.69) is 0 Å². The van der Waals surface area contributed by atoms with Gasteiger partial charge in [0, 0.05) is 18.7 Å². The summed E-state index contributed by atoms with van der Waals surface area (Å²) in [5, 5.41) is 8.88. The van der Waals surface area contributed by atoms with Gasteiger partial charge >= 0.3 is 5.97 Å². The first-order valence-corrected chi connectivity index (χ1v) is 8.17. The van der Waals surface area contributed by atoms with Crippen molar-refractivity contribution in [2.45, 2.75) is 26.9 Å². The van der Waals surface area contributed by atoms with Crippen LogP contribution in [0.25, 0.3) is 0 Å². The summed E-state index contributed by atoms with van der Waals surface area (Å²) in [6.07, 6.45) is -0.0360. The average Bonchev–Trinajstić information content (AvgIpc) is 3.13.